The molecule has 11 nitrogen and oxygen atoms in total. The van der Waals surface area contributed by atoms with Gasteiger partial charge in [0.15, 0.2) is 11.2 Å². The van der Waals surface area contributed by atoms with Crippen molar-refractivity contribution in [3.05, 3.63) is 89.4 Å². The van der Waals surface area contributed by atoms with E-state index in [9.17, 15) is 32.7 Å². The van der Waals surface area contributed by atoms with Crippen LogP contribution in [0.5, 0.6) is 0 Å². The standard InChI is InChI=1S/C29H30ClN3O8S/c30-22-10-12-23(13-11-22)33(16-27(35)36)28(37)25(32-26(34)15-14-24(31)29(38)39)18-42(40,41)17-19-6-8-21(9-7-19)20-4-2-1-3-5-20/h1-13,24-25H,14-18,31H2,(H,32,34)(H,35,36)(H,38,39)/t24-,25-/m0/s1/i/hD. The van der Waals surface area contributed by atoms with Crippen LogP contribution in [0.25, 0.3) is 11.1 Å². The van der Waals surface area contributed by atoms with Crippen molar-refractivity contribution in [2.45, 2.75) is 30.7 Å². The fourth-order valence-corrected chi connectivity index (χ4v) is 5.66. The van der Waals surface area contributed by atoms with Crippen molar-refractivity contribution < 1.29 is 39.2 Å². The van der Waals surface area contributed by atoms with E-state index in [0.29, 0.717) is 5.56 Å². The molecule has 0 bridgehead atoms. The lowest BCUT2D eigenvalue weighted by atomic mass is 10.0. The molecule has 0 fully saturated rings. The van der Waals surface area contributed by atoms with Gasteiger partial charge >= 0.3 is 11.9 Å². The summed E-state index contributed by atoms with van der Waals surface area (Å²) in [4.78, 5) is 50.0. The highest BCUT2D eigenvalue weighted by Crippen LogP contribution is 2.22. The summed E-state index contributed by atoms with van der Waals surface area (Å²) in [7, 11) is -4.18. The van der Waals surface area contributed by atoms with Crippen LogP contribution in [0.1, 0.15) is 18.4 Å². The third kappa shape index (κ3) is 9.68. The Morgan fingerprint density at radius 3 is 2.10 bits per heavy atom. The third-order valence-electron chi connectivity index (χ3n) is 6.13. The number of anilines is 1. The number of carbonyl (C=O) groups is 4. The zero-order valence-corrected chi connectivity index (χ0v) is 23.9. The Morgan fingerprint density at radius 2 is 1.52 bits per heavy atom. The second kappa shape index (κ2) is 14.6. The quantitative estimate of drug-likeness (QED) is 0.211. The maximum Gasteiger partial charge on any atom is 0.323 e. The number of halogens is 1. The molecule has 3 aromatic carbocycles. The number of carbonyl (C=O) groups excluding carboxylic acids is 2. The summed E-state index contributed by atoms with van der Waals surface area (Å²) >= 11 is 5.91. The van der Waals surface area contributed by atoms with Crippen molar-refractivity contribution in [3.8, 4) is 11.1 Å². The van der Waals surface area contributed by atoms with E-state index in [1.54, 1.807) is 24.3 Å². The van der Waals surface area contributed by atoms with Gasteiger partial charge in [-0.1, -0.05) is 66.2 Å². The van der Waals surface area contributed by atoms with Gasteiger partial charge < -0.3 is 21.3 Å². The summed E-state index contributed by atoms with van der Waals surface area (Å²) in [5.41, 5.74) is 7.66. The lowest BCUT2D eigenvalue weighted by Gasteiger charge is -2.27. The Morgan fingerprint density at radius 1 is 0.929 bits per heavy atom. The van der Waals surface area contributed by atoms with Gasteiger partial charge in [-0.2, -0.15) is 0 Å². The van der Waals surface area contributed by atoms with Crippen molar-refractivity contribution in [2.75, 3.05) is 17.2 Å². The van der Waals surface area contributed by atoms with Crippen molar-refractivity contribution in [3.63, 3.8) is 0 Å². The second-order valence-electron chi connectivity index (χ2n) is 9.43. The predicted molar refractivity (Wildman–Crippen MR) is 158 cm³/mol. The molecule has 0 saturated carbocycles. The Kier molecular flexibility index (Phi) is 10.7. The maximum absolute atomic E-state index is 13.7. The van der Waals surface area contributed by atoms with Crippen molar-refractivity contribution >= 4 is 50.9 Å². The van der Waals surface area contributed by atoms with Crippen LogP contribution < -0.4 is 15.9 Å². The number of amides is 2. The monoisotopic (exact) mass is 616 g/mol. The molecule has 3 aromatic rings. The number of nitrogens with one attached hydrogen (secondary N) is 1. The van der Waals surface area contributed by atoms with Crippen LogP contribution in [0.3, 0.4) is 0 Å². The minimum absolute atomic E-state index is 0.0458. The van der Waals surface area contributed by atoms with Crippen LogP contribution in [-0.2, 0) is 34.8 Å². The molecule has 0 unspecified atom stereocenters. The fraction of sp³-hybridized carbons (Fsp3) is 0.241. The largest absolute Gasteiger partial charge is 0.480 e. The Hall–Kier alpha value is -4.26. The van der Waals surface area contributed by atoms with Crippen LogP contribution >= 0.6 is 11.6 Å². The highest BCUT2D eigenvalue weighted by atomic mass is 35.5. The molecule has 0 heterocycles. The van der Waals surface area contributed by atoms with E-state index in [0.717, 1.165) is 16.0 Å². The molecule has 42 heavy (non-hydrogen) atoms. The van der Waals surface area contributed by atoms with Gasteiger partial charge in [0.05, 0.1) is 11.5 Å². The Balaban J connectivity index is 1.91. The molecule has 0 aliphatic heterocycles. The van der Waals surface area contributed by atoms with Gasteiger partial charge in [0.25, 0.3) is 5.91 Å². The van der Waals surface area contributed by atoms with Crippen molar-refractivity contribution in [1.82, 2.24) is 5.31 Å². The third-order valence-corrected chi connectivity index (χ3v) is 7.98. The van der Waals surface area contributed by atoms with Crippen LogP contribution in [-0.4, -0.2) is 66.8 Å². The minimum atomic E-state index is -4.18. The van der Waals surface area contributed by atoms with Gasteiger partial charge in [-0.15, -0.1) is 0 Å². The van der Waals surface area contributed by atoms with Gasteiger partial charge in [0.1, 0.15) is 18.6 Å². The van der Waals surface area contributed by atoms with Gasteiger partial charge in [0, 0.05) is 17.1 Å². The summed E-state index contributed by atoms with van der Waals surface area (Å²) < 4.78 is 35.1. The summed E-state index contributed by atoms with van der Waals surface area (Å²) in [6, 6.07) is 18.2. The first-order valence-electron chi connectivity index (χ1n) is 13.1. The van der Waals surface area contributed by atoms with Crippen LogP contribution in [0.2, 0.25) is 6.43 Å². The lowest BCUT2D eigenvalue weighted by Crippen LogP contribution is -2.53. The number of rotatable bonds is 14. The number of aliphatic carboxylic acids is 2. The fourth-order valence-electron chi connectivity index (χ4n) is 4.01. The SMILES string of the molecule is [2H]N(C(=O)CC[C@H](N)C(=O)O)[C@@H](CS(=O)(=O)Cc1ccc(-c2ccccc2)cc1)C(=O)N(CC(=O)O)c1ccc(Cl)cc1. The molecular formula is C29H30ClN3O8S. The highest BCUT2D eigenvalue weighted by molar-refractivity contribution is 7.90. The van der Waals surface area contributed by atoms with Crippen molar-refractivity contribution in [2.24, 2.45) is 5.73 Å². The van der Waals surface area contributed by atoms with E-state index in [1.165, 1.54) is 24.3 Å². The van der Waals surface area contributed by atoms with Crippen LogP contribution in [0.4, 0.5) is 5.69 Å². The lowest BCUT2D eigenvalue weighted by molar-refractivity contribution is -0.139. The number of hydrogen-bond acceptors (Lipinski definition) is 7. The summed E-state index contributed by atoms with van der Waals surface area (Å²) in [5.74, 6) is -6.55. The topological polar surface area (TPSA) is 184 Å². The Bertz CT molecular complexity index is 1550. The van der Waals surface area contributed by atoms with Crippen molar-refractivity contribution in [1.29, 1.82) is 0 Å². The zero-order valence-electron chi connectivity index (χ0n) is 23.3. The van der Waals surface area contributed by atoms with E-state index >= 15 is 0 Å². The number of hydrogen-bond donors (Lipinski definition) is 4. The highest BCUT2D eigenvalue weighted by Gasteiger charge is 2.33. The molecule has 2 atom stereocenters. The Labute approximate surface area is 249 Å². The zero-order chi connectivity index (χ0) is 31.7. The molecule has 0 aliphatic carbocycles. The first kappa shape index (κ1) is 30.7. The molecule has 0 spiro atoms. The first-order chi connectivity index (χ1) is 20.3. The number of sulfone groups is 1. The molecule has 3 rings (SSSR count). The van der Waals surface area contributed by atoms with E-state index in [1.807, 2.05) is 30.3 Å². The summed E-state index contributed by atoms with van der Waals surface area (Å²) in [6.07, 6.45) is -0.942. The van der Waals surface area contributed by atoms with E-state index < -0.39 is 70.1 Å². The average molecular weight is 617 g/mol. The molecule has 0 aromatic heterocycles. The number of nitrogens with zero attached hydrogens (tertiary/aromatic N) is 1. The van der Waals surface area contributed by atoms with Crippen LogP contribution in [0, 0.1) is 0 Å². The van der Waals surface area contributed by atoms with Gasteiger partial charge in [-0.05, 0) is 47.4 Å². The van der Waals surface area contributed by atoms with E-state index in [2.05, 4.69) is 0 Å². The smallest absolute Gasteiger partial charge is 0.323 e. The van der Waals surface area contributed by atoms with E-state index in [-0.39, 0.29) is 22.4 Å². The average Bonchev–Trinajstić information content (AvgIpc) is 2.97. The molecule has 0 saturated heterocycles. The van der Waals surface area contributed by atoms with Gasteiger partial charge in [-0.3, -0.25) is 24.1 Å². The summed E-state index contributed by atoms with van der Waals surface area (Å²) in [6.45, 7) is -0.899. The van der Waals surface area contributed by atoms with E-state index in [4.69, 9.17) is 23.9 Å². The maximum atomic E-state index is 13.7. The van der Waals surface area contributed by atoms with Crippen LogP contribution in [0.15, 0.2) is 78.9 Å². The number of nitrogens with two attached hydrogens (primary N) is 1. The number of benzene rings is 3. The predicted octanol–water partition coefficient (Wildman–Crippen LogP) is 2.72. The molecule has 0 radical (unpaired) electrons. The van der Waals surface area contributed by atoms with Gasteiger partial charge in [0.2, 0.25) is 5.91 Å². The number of carboxylic acid groups (broad SMARTS) is 2. The number of carboxylic acids is 2. The molecule has 0 aliphatic rings. The van der Waals surface area contributed by atoms with Gasteiger partial charge in [-0.25, -0.2) is 8.42 Å². The first-order valence-corrected chi connectivity index (χ1v) is 14.9. The molecule has 2 amide bonds. The minimum Gasteiger partial charge on any atom is -0.480 e. The summed E-state index contributed by atoms with van der Waals surface area (Å²) in [5, 5.41) is 18.9. The normalized spacial score (nSPS) is 13.0. The molecule has 13 heteroatoms. The molecule has 5 N–H and O–H groups in total. The second-order valence-corrected chi connectivity index (χ2v) is 12.0. The molecule has 222 valence electrons. The molecular weight excluding hydrogens is 586 g/mol.